The van der Waals surface area contributed by atoms with Crippen molar-refractivity contribution in [1.29, 1.82) is 0 Å². The summed E-state index contributed by atoms with van der Waals surface area (Å²) in [6.07, 6.45) is 1.24. The predicted molar refractivity (Wildman–Crippen MR) is 143 cm³/mol. The number of nitrogens with one attached hydrogen (secondary N) is 2. The Labute approximate surface area is 220 Å². The molecule has 4 rings (SSSR count). The minimum Gasteiger partial charge on any atom is -0.497 e. The first-order chi connectivity index (χ1) is 18.3. The highest BCUT2D eigenvalue weighted by Crippen LogP contribution is 2.36. The molecule has 2 unspecified atom stereocenters. The number of carbonyl (C=O) groups is 4. The molecule has 0 aliphatic carbocycles. The Balaban J connectivity index is 1.63. The highest BCUT2D eigenvalue weighted by molar-refractivity contribution is 6.17. The molecule has 9 heteroatoms. The van der Waals surface area contributed by atoms with Gasteiger partial charge < -0.3 is 20.5 Å². The number of hydrogen-bond acceptors (Lipinski definition) is 5. The van der Waals surface area contributed by atoms with Crippen LogP contribution in [0.5, 0.6) is 5.75 Å². The number of nitrogens with zero attached hydrogens (tertiary/aromatic N) is 1. The number of benzene rings is 3. The van der Waals surface area contributed by atoms with Gasteiger partial charge in [-0.3, -0.25) is 19.3 Å². The first kappa shape index (κ1) is 26.4. The topological polar surface area (TPSA) is 125 Å². The van der Waals surface area contributed by atoms with Gasteiger partial charge in [0.15, 0.2) is 0 Å². The molecule has 38 heavy (non-hydrogen) atoms. The highest BCUT2D eigenvalue weighted by atomic mass is 16.5. The molecule has 1 aliphatic rings. The van der Waals surface area contributed by atoms with Crippen LogP contribution in [0.15, 0.2) is 72.8 Å². The molecule has 3 aromatic carbocycles. The average molecular weight is 516 g/mol. The molecule has 1 heterocycles. The van der Waals surface area contributed by atoms with Gasteiger partial charge in [-0.05, 0) is 48.4 Å². The molecule has 196 valence electrons. The maximum Gasteiger partial charge on any atom is 0.326 e. The number of rotatable bonds is 9. The second kappa shape index (κ2) is 11.6. The van der Waals surface area contributed by atoms with Crippen LogP contribution >= 0.6 is 0 Å². The molecule has 3 N–H and O–H groups in total. The summed E-state index contributed by atoms with van der Waals surface area (Å²) in [6, 6.07) is 18.4. The monoisotopic (exact) mass is 515 g/mol. The Bertz CT molecular complexity index is 1360. The van der Waals surface area contributed by atoms with E-state index in [1.165, 1.54) is 24.1 Å². The molecule has 1 aliphatic heterocycles. The molecule has 0 spiro atoms. The van der Waals surface area contributed by atoms with Crippen LogP contribution in [0.4, 0.5) is 11.4 Å². The van der Waals surface area contributed by atoms with Crippen LogP contribution < -0.4 is 20.3 Å². The number of methoxy groups -OCH3 is 1. The van der Waals surface area contributed by atoms with Gasteiger partial charge in [-0.15, -0.1) is 0 Å². The Kier molecular flexibility index (Phi) is 8.06. The quantitative estimate of drug-likeness (QED) is 0.397. The minimum atomic E-state index is -1.16. The first-order valence-corrected chi connectivity index (χ1v) is 12.3. The van der Waals surface area contributed by atoms with Crippen LogP contribution in [0.2, 0.25) is 0 Å². The second-order valence-corrected chi connectivity index (χ2v) is 8.99. The van der Waals surface area contributed by atoms with E-state index in [4.69, 9.17) is 4.74 Å². The van der Waals surface area contributed by atoms with Crippen LogP contribution in [0.1, 0.15) is 46.0 Å². The standard InChI is InChI=1S/C29H29N3O6/c1-3-8-25-27(34)30-22-17-19(26(33)31-23(29(36)37)15-18-9-5-4-6-10-18)13-14-24(22)32(25)28(35)20-11-7-12-21(16-20)38-2/h4-7,9-14,16-17,23,25H,3,8,15H2,1-2H3,(H,30,34)(H,31,33)(H,36,37). The lowest BCUT2D eigenvalue weighted by molar-refractivity contribution is -0.139. The zero-order valence-electron chi connectivity index (χ0n) is 21.1. The summed E-state index contributed by atoms with van der Waals surface area (Å²) in [5.41, 5.74) is 2.03. The Morgan fingerprint density at radius 1 is 1.03 bits per heavy atom. The number of amides is 3. The molecular formula is C29H29N3O6. The van der Waals surface area contributed by atoms with E-state index >= 15 is 0 Å². The first-order valence-electron chi connectivity index (χ1n) is 12.3. The molecule has 0 saturated carbocycles. The number of carboxylic acid groups (broad SMARTS) is 1. The second-order valence-electron chi connectivity index (χ2n) is 8.99. The molecule has 3 aromatic rings. The van der Waals surface area contributed by atoms with Crippen LogP contribution in [-0.2, 0) is 16.0 Å². The molecule has 2 atom stereocenters. The van der Waals surface area contributed by atoms with Crippen LogP contribution in [-0.4, -0.2) is 48.0 Å². The van der Waals surface area contributed by atoms with Gasteiger partial charge >= 0.3 is 5.97 Å². The van der Waals surface area contributed by atoms with Gasteiger partial charge in [0.05, 0.1) is 18.5 Å². The molecule has 0 aromatic heterocycles. The van der Waals surface area contributed by atoms with E-state index in [0.717, 1.165) is 5.56 Å². The van der Waals surface area contributed by atoms with Gasteiger partial charge in [0, 0.05) is 17.5 Å². The van der Waals surface area contributed by atoms with Crippen molar-refractivity contribution in [3.05, 3.63) is 89.5 Å². The number of aliphatic carboxylic acids is 1. The zero-order valence-corrected chi connectivity index (χ0v) is 21.1. The van der Waals surface area contributed by atoms with Crippen molar-refractivity contribution in [3.63, 3.8) is 0 Å². The highest BCUT2D eigenvalue weighted by Gasteiger charge is 2.37. The van der Waals surface area contributed by atoms with Crippen molar-refractivity contribution in [3.8, 4) is 5.75 Å². The van der Waals surface area contributed by atoms with Gasteiger partial charge in [-0.2, -0.15) is 0 Å². The van der Waals surface area contributed by atoms with E-state index in [2.05, 4.69) is 10.6 Å². The summed E-state index contributed by atoms with van der Waals surface area (Å²) in [5, 5.41) is 15.0. The van der Waals surface area contributed by atoms with Crippen molar-refractivity contribution >= 4 is 35.1 Å². The van der Waals surface area contributed by atoms with Crippen molar-refractivity contribution in [2.24, 2.45) is 0 Å². The van der Waals surface area contributed by atoms with E-state index in [-0.39, 0.29) is 23.8 Å². The van der Waals surface area contributed by atoms with E-state index in [1.807, 2.05) is 13.0 Å². The number of hydrogen-bond donors (Lipinski definition) is 3. The SMILES string of the molecule is CCCC1C(=O)Nc2cc(C(=O)NC(Cc3ccccc3)C(=O)O)ccc2N1C(=O)c1cccc(OC)c1. The smallest absolute Gasteiger partial charge is 0.326 e. The van der Waals surface area contributed by atoms with Crippen molar-refractivity contribution in [1.82, 2.24) is 5.32 Å². The fourth-order valence-corrected chi connectivity index (χ4v) is 4.46. The lowest BCUT2D eigenvalue weighted by Crippen LogP contribution is -2.51. The number of anilines is 2. The van der Waals surface area contributed by atoms with Gasteiger partial charge in [0.1, 0.15) is 17.8 Å². The summed E-state index contributed by atoms with van der Waals surface area (Å²) in [5.74, 6) is -1.98. The third-order valence-corrected chi connectivity index (χ3v) is 6.37. The molecule has 0 radical (unpaired) electrons. The third-order valence-electron chi connectivity index (χ3n) is 6.37. The minimum absolute atomic E-state index is 0.116. The molecule has 0 saturated heterocycles. The maximum atomic E-state index is 13.6. The van der Waals surface area contributed by atoms with Gasteiger partial charge in [0.2, 0.25) is 5.91 Å². The van der Waals surface area contributed by atoms with Crippen molar-refractivity contribution in [2.75, 3.05) is 17.3 Å². The average Bonchev–Trinajstić information content (AvgIpc) is 2.93. The molecular weight excluding hydrogens is 486 g/mol. The molecule has 0 fully saturated rings. The van der Waals surface area contributed by atoms with E-state index in [9.17, 15) is 24.3 Å². The lowest BCUT2D eigenvalue weighted by atomic mass is 10.00. The van der Waals surface area contributed by atoms with Crippen molar-refractivity contribution in [2.45, 2.75) is 38.3 Å². The molecule has 3 amide bonds. The van der Waals surface area contributed by atoms with E-state index in [0.29, 0.717) is 35.5 Å². The Hall–Kier alpha value is -4.66. The van der Waals surface area contributed by atoms with Crippen LogP contribution in [0, 0.1) is 0 Å². The number of carboxylic acids is 1. The third kappa shape index (κ3) is 5.67. The predicted octanol–water partition coefficient (Wildman–Crippen LogP) is 3.89. The fraction of sp³-hybridized carbons (Fsp3) is 0.241. The molecule has 9 nitrogen and oxygen atoms in total. The maximum absolute atomic E-state index is 13.6. The van der Waals surface area contributed by atoms with E-state index in [1.54, 1.807) is 54.6 Å². The fourth-order valence-electron chi connectivity index (χ4n) is 4.46. The largest absolute Gasteiger partial charge is 0.497 e. The van der Waals surface area contributed by atoms with Crippen LogP contribution in [0.25, 0.3) is 0 Å². The summed E-state index contributed by atoms with van der Waals surface area (Å²) in [7, 11) is 1.51. The summed E-state index contributed by atoms with van der Waals surface area (Å²) >= 11 is 0. The van der Waals surface area contributed by atoms with Gasteiger partial charge in [-0.1, -0.05) is 49.7 Å². The number of ether oxygens (including phenoxy) is 1. The lowest BCUT2D eigenvalue weighted by Gasteiger charge is -2.36. The summed E-state index contributed by atoms with van der Waals surface area (Å²) in [6.45, 7) is 1.93. The van der Waals surface area contributed by atoms with E-state index < -0.39 is 24.0 Å². The molecule has 0 bridgehead atoms. The van der Waals surface area contributed by atoms with Crippen LogP contribution in [0.3, 0.4) is 0 Å². The van der Waals surface area contributed by atoms with Crippen molar-refractivity contribution < 1.29 is 29.0 Å². The van der Waals surface area contributed by atoms with Gasteiger partial charge in [0.25, 0.3) is 11.8 Å². The Morgan fingerprint density at radius 2 is 1.79 bits per heavy atom. The summed E-state index contributed by atoms with van der Waals surface area (Å²) < 4.78 is 5.25. The van der Waals surface area contributed by atoms with Gasteiger partial charge in [-0.25, -0.2) is 4.79 Å². The number of carbonyl (C=O) groups excluding carboxylic acids is 3. The Morgan fingerprint density at radius 3 is 2.47 bits per heavy atom. The summed E-state index contributed by atoms with van der Waals surface area (Å²) in [4.78, 5) is 53.0. The normalized spacial score (nSPS) is 15.2. The number of fused-ring (bicyclic) bond motifs is 1. The zero-order chi connectivity index (χ0) is 27.2.